The number of nitrogens with one attached hydrogen (secondary N) is 2. The van der Waals surface area contributed by atoms with Gasteiger partial charge in [0.15, 0.2) is 4.34 Å². The highest BCUT2D eigenvalue weighted by Gasteiger charge is 2.23. The normalized spacial score (nSPS) is 16.5. The Morgan fingerprint density at radius 2 is 2.22 bits per heavy atom. The summed E-state index contributed by atoms with van der Waals surface area (Å²) in [6.45, 7) is 1.74. The van der Waals surface area contributed by atoms with Crippen LogP contribution in [0.2, 0.25) is 4.34 Å². The molecule has 0 saturated carbocycles. The van der Waals surface area contributed by atoms with Crippen molar-refractivity contribution in [3.05, 3.63) is 25.4 Å². The summed E-state index contributed by atoms with van der Waals surface area (Å²) >= 11 is 6.65. The number of amides is 1. The number of nitrogens with zero attached hydrogens (tertiary/aromatic N) is 1. The van der Waals surface area contributed by atoms with E-state index in [4.69, 9.17) is 11.6 Å². The molecule has 0 unspecified atom stereocenters. The van der Waals surface area contributed by atoms with Crippen molar-refractivity contribution < 1.29 is 9.72 Å². The number of carbonyl (C=O) groups is 1. The summed E-state index contributed by atoms with van der Waals surface area (Å²) in [6.07, 6.45) is 1.74. The number of hydrogen-bond acceptors (Lipinski definition) is 5. The number of nitro groups is 1. The topological polar surface area (TPSA) is 84.3 Å². The molecule has 0 radical (unpaired) electrons. The van der Waals surface area contributed by atoms with Crippen molar-refractivity contribution in [2.24, 2.45) is 0 Å². The molecule has 1 aromatic rings. The first-order chi connectivity index (χ1) is 8.58. The zero-order chi connectivity index (χ0) is 13.1. The molecule has 18 heavy (non-hydrogen) atoms. The van der Waals surface area contributed by atoms with Gasteiger partial charge in [-0.25, -0.2) is 0 Å². The summed E-state index contributed by atoms with van der Waals surface area (Å²) in [5.74, 6) is -0.290. The van der Waals surface area contributed by atoms with Gasteiger partial charge in [0.1, 0.15) is 4.88 Å². The zero-order valence-corrected chi connectivity index (χ0v) is 11.0. The summed E-state index contributed by atoms with van der Waals surface area (Å²) in [5.41, 5.74) is -0.211. The number of thiophene rings is 1. The molecule has 1 amide bonds. The standard InChI is InChI=1S/C10H12ClN3O3S/c11-9-7(14(16)17)5-8(18-9)10(15)13-6-1-3-12-4-2-6/h5-6,12H,1-4H2,(H,13,15). The molecule has 6 nitrogen and oxygen atoms in total. The van der Waals surface area contributed by atoms with Gasteiger partial charge in [0.05, 0.1) is 4.92 Å². The monoisotopic (exact) mass is 289 g/mol. The molecule has 1 fully saturated rings. The van der Waals surface area contributed by atoms with Gasteiger partial charge in [-0.15, -0.1) is 11.3 Å². The Kier molecular flexibility index (Phi) is 4.15. The minimum atomic E-state index is -0.583. The van der Waals surface area contributed by atoms with Crippen molar-refractivity contribution in [2.45, 2.75) is 18.9 Å². The molecular formula is C10H12ClN3O3S. The predicted molar refractivity (Wildman–Crippen MR) is 69.3 cm³/mol. The second kappa shape index (κ2) is 5.64. The zero-order valence-electron chi connectivity index (χ0n) is 9.44. The number of rotatable bonds is 3. The molecule has 0 aliphatic carbocycles. The fourth-order valence-electron chi connectivity index (χ4n) is 1.82. The van der Waals surface area contributed by atoms with E-state index in [9.17, 15) is 14.9 Å². The Labute approximate surface area is 112 Å². The molecule has 1 aliphatic rings. The summed E-state index contributed by atoms with van der Waals surface area (Å²) in [6, 6.07) is 1.35. The molecule has 0 spiro atoms. The lowest BCUT2D eigenvalue weighted by Gasteiger charge is -2.23. The van der Waals surface area contributed by atoms with E-state index in [2.05, 4.69) is 10.6 Å². The Morgan fingerprint density at radius 3 is 2.78 bits per heavy atom. The van der Waals surface area contributed by atoms with Crippen molar-refractivity contribution in [2.75, 3.05) is 13.1 Å². The van der Waals surface area contributed by atoms with E-state index < -0.39 is 4.92 Å². The molecular weight excluding hydrogens is 278 g/mol. The molecule has 98 valence electrons. The van der Waals surface area contributed by atoms with Crippen LogP contribution in [0.25, 0.3) is 0 Å². The smallest absolute Gasteiger partial charge is 0.299 e. The molecule has 0 atom stereocenters. The van der Waals surface area contributed by atoms with Gasteiger partial charge in [-0.3, -0.25) is 14.9 Å². The Hall–Kier alpha value is -1.18. The van der Waals surface area contributed by atoms with Gasteiger partial charge in [0.2, 0.25) is 0 Å². The first-order valence-electron chi connectivity index (χ1n) is 5.53. The lowest BCUT2D eigenvalue weighted by molar-refractivity contribution is -0.384. The van der Waals surface area contributed by atoms with Crippen molar-refractivity contribution in [3.63, 3.8) is 0 Å². The maximum Gasteiger partial charge on any atom is 0.299 e. The van der Waals surface area contributed by atoms with Crippen LogP contribution in [0.1, 0.15) is 22.5 Å². The third-order valence-electron chi connectivity index (χ3n) is 2.76. The summed E-state index contributed by atoms with van der Waals surface area (Å²) in [4.78, 5) is 22.2. The van der Waals surface area contributed by atoms with Crippen LogP contribution in [0.4, 0.5) is 5.69 Å². The average Bonchev–Trinajstić information content (AvgIpc) is 2.73. The maximum atomic E-state index is 11.9. The van der Waals surface area contributed by atoms with Crippen molar-refractivity contribution in [3.8, 4) is 0 Å². The van der Waals surface area contributed by atoms with Crippen LogP contribution in [-0.4, -0.2) is 30.0 Å². The fourth-order valence-corrected chi connectivity index (χ4v) is 2.94. The van der Waals surface area contributed by atoms with Crippen LogP contribution >= 0.6 is 22.9 Å². The fraction of sp³-hybridized carbons (Fsp3) is 0.500. The van der Waals surface area contributed by atoms with Gasteiger partial charge in [0.25, 0.3) is 11.6 Å². The van der Waals surface area contributed by atoms with Crippen molar-refractivity contribution in [1.29, 1.82) is 0 Å². The van der Waals surface area contributed by atoms with Gasteiger partial charge >= 0.3 is 0 Å². The quantitative estimate of drug-likeness (QED) is 0.656. The van der Waals surface area contributed by atoms with E-state index in [0.717, 1.165) is 37.3 Å². The SMILES string of the molecule is O=C(NC1CCNCC1)c1cc([N+](=O)[O-])c(Cl)s1. The van der Waals surface area contributed by atoms with Gasteiger partial charge in [-0.2, -0.15) is 0 Å². The van der Waals surface area contributed by atoms with E-state index >= 15 is 0 Å². The minimum absolute atomic E-state index is 0.0375. The number of piperidine rings is 1. The third-order valence-corrected chi connectivity index (χ3v) is 4.10. The molecule has 8 heteroatoms. The molecule has 2 rings (SSSR count). The van der Waals surface area contributed by atoms with Crippen LogP contribution in [0, 0.1) is 10.1 Å². The molecule has 1 saturated heterocycles. The third kappa shape index (κ3) is 2.98. The second-order valence-corrected chi connectivity index (χ2v) is 5.68. The van der Waals surface area contributed by atoms with E-state index in [-0.39, 0.29) is 26.8 Å². The largest absolute Gasteiger partial charge is 0.349 e. The van der Waals surface area contributed by atoms with Crippen molar-refractivity contribution >= 4 is 34.5 Å². The van der Waals surface area contributed by atoms with Gasteiger partial charge in [-0.1, -0.05) is 11.6 Å². The van der Waals surface area contributed by atoms with Crippen LogP contribution < -0.4 is 10.6 Å². The first kappa shape index (κ1) is 13.3. The lowest BCUT2D eigenvalue weighted by atomic mass is 10.1. The Morgan fingerprint density at radius 1 is 1.56 bits per heavy atom. The highest BCUT2D eigenvalue weighted by atomic mass is 35.5. The molecule has 0 bridgehead atoms. The predicted octanol–water partition coefficient (Wildman–Crippen LogP) is 1.79. The van der Waals surface area contributed by atoms with Crippen LogP contribution in [0.15, 0.2) is 6.07 Å². The van der Waals surface area contributed by atoms with Crippen LogP contribution in [0.3, 0.4) is 0 Å². The summed E-state index contributed by atoms with van der Waals surface area (Å²) in [7, 11) is 0. The lowest BCUT2D eigenvalue weighted by Crippen LogP contribution is -2.42. The molecule has 2 heterocycles. The van der Waals surface area contributed by atoms with Gasteiger partial charge in [-0.05, 0) is 25.9 Å². The van der Waals surface area contributed by atoms with Crippen LogP contribution in [0.5, 0.6) is 0 Å². The minimum Gasteiger partial charge on any atom is -0.349 e. The molecule has 1 aliphatic heterocycles. The highest BCUT2D eigenvalue weighted by molar-refractivity contribution is 7.18. The number of hydrogen-bond donors (Lipinski definition) is 2. The average molecular weight is 290 g/mol. The van der Waals surface area contributed by atoms with E-state index in [1.807, 2.05) is 0 Å². The Balaban J connectivity index is 2.04. The summed E-state index contributed by atoms with van der Waals surface area (Å²) in [5, 5.41) is 16.7. The van der Waals surface area contributed by atoms with Gasteiger partial charge in [0, 0.05) is 12.1 Å². The Bertz CT molecular complexity index is 471. The number of carbonyl (C=O) groups excluding carboxylic acids is 1. The summed E-state index contributed by atoms with van der Waals surface area (Å²) < 4.78 is 0.0375. The van der Waals surface area contributed by atoms with Gasteiger partial charge < -0.3 is 10.6 Å². The van der Waals surface area contributed by atoms with E-state index in [0.29, 0.717) is 0 Å². The second-order valence-electron chi connectivity index (χ2n) is 4.02. The van der Waals surface area contributed by atoms with E-state index in [1.54, 1.807) is 0 Å². The molecule has 1 aromatic heterocycles. The maximum absolute atomic E-state index is 11.9. The molecule has 2 N–H and O–H groups in total. The first-order valence-corrected chi connectivity index (χ1v) is 6.72. The van der Waals surface area contributed by atoms with Crippen molar-refractivity contribution in [1.82, 2.24) is 10.6 Å². The highest BCUT2D eigenvalue weighted by Crippen LogP contribution is 2.33. The molecule has 0 aromatic carbocycles. The van der Waals surface area contributed by atoms with Crippen LogP contribution in [-0.2, 0) is 0 Å². The van der Waals surface area contributed by atoms with E-state index in [1.165, 1.54) is 6.07 Å². The number of halogens is 1.